The van der Waals surface area contributed by atoms with E-state index in [2.05, 4.69) is 20.4 Å². The fraction of sp³-hybridized carbons (Fsp3) is 0.526. The highest BCUT2D eigenvalue weighted by atomic mass is 19.3. The Bertz CT molecular complexity index is 722. The van der Waals surface area contributed by atoms with Crippen molar-refractivity contribution in [3.05, 3.63) is 35.0 Å². The van der Waals surface area contributed by atoms with Gasteiger partial charge in [-0.1, -0.05) is 0 Å². The molecule has 2 rings (SSSR count). The van der Waals surface area contributed by atoms with Crippen LogP contribution in [-0.2, 0) is 11.3 Å². The highest BCUT2D eigenvalue weighted by Crippen LogP contribution is 2.32. The number of rotatable bonds is 11. The highest BCUT2D eigenvalue weighted by Gasteiger charge is 2.18. The third-order valence-corrected chi connectivity index (χ3v) is 4.26. The molecule has 0 aliphatic heterocycles. The summed E-state index contributed by atoms with van der Waals surface area (Å²) in [6, 6.07) is 4.58. The van der Waals surface area contributed by atoms with Gasteiger partial charge in [-0.2, -0.15) is 5.10 Å². The summed E-state index contributed by atoms with van der Waals surface area (Å²) in [6.45, 7) is 5.01. The number of nitrogens with zero attached hydrogens (tertiary/aromatic N) is 2. The predicted molar refractivity (Wildman–Crippen MR) is 101 cm³/mol. The number of hydrogen-bond acceptors (Lipinski definition) is 5. The van der Waals surface area contributed by atoms with Crippen LogP contribution in [0.25, 0.3) is 11.3 Å². The number of aromatic amines is 1. The van der Waals surface area contributed by atoms with Crippen molar-refractivity contribution >= 4 is 0 Å². The number of aryl methyl sites for hydroxylation is 1. The molecule has 0 saturated carbocycles. The maximum atomic E-state index is 13.4. The summed E-state index contributed by atoms with van der Waals surface area (Å²) in [5.74, 6) is 0.384. The number of hydrogen-bond donors (Lipinski definition) is 2. The zero-order chi connectivity index (χ0) is 19.8. The van der Waals surface area contributed by atoms with E-state index in [1.54, 1.807) is 13.2 Å². The number of benzene rings is 1. The quantitative estimate of drug-likeness (QED) is 0.585. The molecule has 0 aliphatic carbocycles. The van der Waals surface area contributed by atoms with E-state index in [9.17, 15) is 8.78 Å². The number of methoxy groups -OCH3 is 1. The molecule has 2 aromatic rings. The first-order valence-corrected chi connectivity index (χ1v) is 8.88. The van der Waals surface area contributed by atoms with Gasteiger partial charge in [-0.15, -0.1) is 0 Å². The number of nitrogens with one attached hydrogen (secondary N) is 2. The van der Waals surface area contributed by atoms with Crippen LogP contribution in [-0.4, -0.2) is 62.6 Å². The van der Waals surface area contributed by atoms with Crippen LogP contribution in [0.1, 0.15) is 23.2 Å². The summed E-state index contributed by atoms with van der Waals surface area (Å²) < 4.78 is 37.2. The molecule has 1 aromatic carbocycles. The van der Waals surface area contributed by atoms with E-state index in [4.69, 9.17) is 9.47 Å². The molecule has 6 nitrogen and oxygen atoms in total. The maximum absolute atomic E-state index is 13.4. The van der Waals surface area contributed by atoms with Gasteiger partial charge in [-0.25, -0.2) is 8.78 Å². The minimum atomic E-state index is -2.59. The average Bonchev–Trinajstić information content (AvgIpc) is 3.00. The Kier molecular flexibility index (Phi) is 8.15. The van der Waals surface area contributed by atoms with E-state index in [1.165, 1.54) is 12.1 Å². The summed E-state index contributed by atoms with van der Waals surface area (Å²) in [5, 5.41) is 10.5. The van der Waals surface area contributed by atoms with Crippen LogP contribution >= 0.6 is 0 Å². The van der Waals surface area contributed by atoms with Gasteiger partial charge in [0.2, 0.25) is 0 Å². The average molecular weight is 382 g/mol. The van der Waals surface area contributed by atoms with Crippen molar-refractivity contribution in [2.24, 2.45) is 0 Å². The zero-order valence-corrected chi connectivity index (χ0v) is 16.3. The second-order valence-corrected chi connectivity index (χ2v) is 6.45. The second kappa shape index (κ2) is 10.3. The van der Waals surface area contributed by atoms with E-state index >= 15 is 0 Å². The maximum Gasteiger partial charge on any atom is 0.264 e. The summed E-state index contributed by atoms with van der Waals surface area (Å²) in [7, 11) is 5.49. The molecule has 0 spiro atoms. The van der Waals surface area contributed by atoms with Gasteiger partial charge in [-0.3, -0.25) is 5.10 Å². The summed E-state index contributed by atoms with van der Waals surface area (Å²) in [5.41, 5.74) is 3.10. The molecular formula is C19H28F2N4O2. The molecule has 27 heavy (non-hydrogen) atoms. The van der Waals surface area contributed by atoms with Crippen LogP contribution in [0.5, 0.6) is 5.75 Å². The third kappa shape index (κ3) is 5.98. The Morgan fingerprint density at radius 3 is 2.70 bits per heavy atom. The van der Waals surface area contributed by atoms with Gasteiger partial charge < -0.3 is 19.7 Å². The number of H-pyrrole nitrogens is 1. The third-order valence-electron chi connectivity index (χ3n) is 4.26. The van der Waals surface area contributed by atoms with Crippen LogP contribution in [0, 0.1) is 6.92 Å². The molecule has 150 valence electrons. The van der Waals surface area contributed by atoms with Crippen LogP contribution in [0.4, 0.5) is 8.78 Å². The van der Waals surface area contributed by atoms with Crippen LogP contribution in [0.2, 0.25) is 0 Å². The first kappa shape index (κ1) is 21.3. The molecular weight excluding hydrogens is 354 g/mol. The molecule has 0 atom stereocenters. The van der Waals surface area contributed by atoms with Crippen molar-refractivity contribution in [3.8, 4) is 17.0 Å². The molecule has 1 heterocycles. The molecule has 0 fully saturated rings. The zero-order valence-electron chi connectivity index (χ0n) is 16.3. The second-order valence-electron chi connectivity index (χ2n) is 6.45. The number of likely N-dealkylation sites (N-methyl/N-ethyl adjacent to an activating group) is 2. The lowest BCUT2D eigenvalue weighted by Crippen LogP contribution is -2.27. The lowest BCUT2D eigenvalue weighted by Gasteiger charge is -2.17. The van der Waals surface area contributed by atoms with Crippen molar-refractivity contribution < 1.29 is 18.3 Å². The van der Waals surface area contributed by atoms with Gasteiger partial charge in [0.1, 0.15) is 12.4 Å². The molecule has 0 radical (unpaired) electrons. The monoisotopic (exact) mass is 382 g/mol. The van der Waals surface area contributed by atoms with E-state index in [-0.39, 0.29) is 5.56 Å². The minimum absolute atomic E-state index is 0.0879. The van der Waals surface area contributed by atoms with Gasteiger partial charge in [0.25, 0.3) is 6.43 Å². The Morgan fingerprint density at radius 2 is 2.04 bits per heavy atom. The van der Waals surface area contributed by atoms with E-state index in [0.717, 1.165) is 24.3 Å². The van der Waals surface area contributed by atoms with Gasteiger partial charge in [0.15, 0.2) is 0 Å². The normalized spacial score (nSPS) is 11.6. The van der Waals surface area contributed by atoms with E-state index in [0.29, 0.717) is 36.8 Å². The number of halogens is 2. The molecule has 2 N–H and O–H groups in total. The van der Waals surface area contributed by atoms with Crippen LogP contribution < -0.4 is 10.1 Å². The smallest absolute Gasteiger partial charge is 0.264 e. The largest absolute Gasteiger partial charge is 0.491 e. The Balaban J connectivity index is 2.33. The Morgan fingerprint density at radius 1 is 1.26 bits per heavy atom. The SMILES string of the molecule is CNCCN(C)Cc1c(-c2cc(OCCOC)cc(C(F)F)c2)n[nH]c1C. The Labute approximate surface area is 158 Å². The lowest BCUT2D eigenvalue weighted by molar-refractivity contribution is 0.143. The molecule has 0 bridgehead atoms. The van der Waals surface area contributed by atoms with Crippen LogP contribution in [0.15, 0.2) is 18.2 Å². The number of alkyl halides is 2. The number of aromatic nitrogens is 2. The van der Waals surface area contributed by atoms with E-state index in [1.807, 2.05) is 21.0 Å². The minimum Gasteiger partial charge on any atom is -0.491 e. The molecule has 1 aromatic heterocycles. The fourth-order valence-corrected chi connectivity index (χ4v) is 2.75. The number of ether oxygens (including phenoxy) is 2. The van der Waals surface area contributed by atoms with Gasteiger partial charge >= 0.3 is 0 Å². The molecule has 0 amide bonds. The summed E-state index contributed by atoms with van der Waals surface area (Å²) in [6.07, 6.45) is -2.59. The van der Waals surface area contributed by atoms with Gasteiger partial charge in [0, 0.05) is 49.1 Å². The van der Waals surface area contributed by atoms with Gasteiger partial charge in [0.05, 0.1) is 12.3 Å². The van der Waals surface area contributed by atoms with Crippen LogP contribution in [0.3, 0.4) is 0 Å². The molecule has 0 aliphatic rings. The Hall–Kier alpha value is -2.03. The van der Waals surface area contributed by atoms with Gasteiger partial charge in [-0.05, 0) is 39.2 Å². The first-order valence-electron chi connectivity index (χ1n) is 8.88. The van der Waals surface area contributed by atoms with E-state index < -0.39 is 6.43 Å². The fourth-order valence-electron chi connectivity index (χ4n) is 2.75. The highest BCUT2D eigenvalue weighted by molar-refractivity contribution is 5.66. The van der Waals surface area contributed by atoms with Crippen molar-refractivity contribution in [3.63, 3.8) is 0 Å². The molecule has 8 heteroatoms. The van der Waals surface area contributed by atoms with Crippen molar-refractivity contribution in [2.45, 2.75) is 19.9 Å². The van der Waals surface area contributed by atoms with Crippen molar-refractivity contribution in [2.75, 3.05) is 47.5 Å². The first-order chi connectivity index (χ1) is 13.0. The summed E-state index contributed by atoms with van der Waals surface area (Å²) >= 11 is 0. The molecule has 0 unspecified atom stereocenters. The topological polar surface area (TPSA) is 62.4 Å². The predicted octanol–water partition coefficient (Wildman–Crippen LogP) is 3.00. The van der Waals surface area contributed by atoms with Crippen molar-refractivity contribution in [1.29, 1.82) is 0 Å². The van der Waals surface area contributed by atoms with Crippen molar-refractivity contribution in [1.82, 2.24) is 20.4 Å². The lowest BCUT2D eigenvalue weighted by atomic mass is 10.0. The molecule has 0 saturated heterocycles. The summed E-state index contributed by atoms with van der Waals surface area (Å²) in [4.78, 5) is 2.16. The standard InChI is InChI=1S/C19H28F2N4O2/c1-13-17(12-25(3)6-5-22-2)18(24-23-13)14-9-15(19(20)21)11-16(10-14)27-8-7-26-4/h9-11,19,22H,5-8,12H2,1-4H3,(H,23,24).